The molecule has 0 aliphatic carbocycles. The van der Waals surface area contributed by atoms with Crippen LogP contribution in [0.3, 0.4) is 0 Å². The molecule has 0 aliphatic heterocycles. The van der Waals surface area contributed by atoms with Crippen molar-refractivity contribution in [2.24, 2.45) is 0 Å². The van der Waals surface area contributed by atoms with E-state index < -0.39 is 15.9 Å². The summed E-state index contributed by atoms with van der Waals surface area (Å²) in [6.07, 6.45) is 1.88. The molecule has 0 spiro atoms. The highest BCUT2D eigenvalue weighted by Crippen LogP contribution is 2.21. The fourth-order valence-electron chi connectivity index (χ4n) is 1.97. The monoisotopic (exact) mass is 323 g/mol. The van der Waals surface area contributed by atoms with Gasteiger partial charge >= 0.3 is 0 Å². The molecule has 22 heavy (non-hydrogen) atoms. The van der Waals surface area contributed by atoms with Crippen molar-refractivity contribution in [2.75, 3.05) is 7.11 Å². The molecule has 0 bridgehead atoms. The standard InChI is InChI=1S/C15H17NO5S/c1-11-10-13(6-7-14(11)20-2)22(18,19)16-15(17)8-5-12-4-3-9-21-12/h3-4,6-7,9-10H,5,8H2,1-2H3,(H,16,17). The van der Waals surface area contributed by atoms with Gasteiger partial charge in [-0.05, 0) is 42.8 Å². The number of carbonyl (C=O) groups is 1. The lowest BCUT2D eigenvalue weighted by atomic mass is 10.2. The largest absolute Gasteiger partial charge is 0.496 e. The number of amides is 1. The zero-order chi connectivity index (χ0) is 16.2. The first kappa shape index (κ1) is 16.1. The second kappa shape index (κ2) is 6.65. The lowest BCUT2D eigenvalue weighted by Crippen LogP contribution is -2.30. The number of hydrogen-bond acceptors (Lipinski definition) is 5. The molecule has 0 saturated carbocycles. The molecule has 0 radical (unpaired) electrons. The molecule has 7 heteroatoms. The van der Waals surface area contributed by atoms with Crippen molar-refractivity contribution in [1.29, 1.82) is 0 Å². The molecule has 0 saturated heterocycles. The first-order valence-electron chi connectivity index (χ1n) is 6.65. The van der Waals surface area contributed by atoms with E-state index in [1.54, 1.807) is 25.1 Å². The molecule has 1 amide bonds. The first-order chi connectivity index (χ1) is 10.4. The maximum Gasteiger partial charge on any atom is 0.264 e. The van der Waals surface area contributed by atoms with Crippen molar-refractivity contribution in [3.63, 3.8) is 0 Å². The van der Waals surface area contributed by atoms with Gasteiger partial charge in [-0.3, -0.25) is 4.79 Å². The number of methoxy groups -OCH3 is 1. The van der Waals surface area contributed by atoms with Crippen LogP contribution in [0, 0.1) is 6.92 Å². The number of hydrogen-bond donors (Lipinski definition) is 1. The van der Waals surface area contributed by atoms with Crippen LogP contribution >= 0.6 is 0 Å². The van der Waals surface area contributed by atoms with Gasteiger partial charge in [0.25, 0.3) is 10.0 Å². The van der Waals surface area contributed by atoms with Crippen LogP contribution < -0.4 is 9.46 Å². The maximum absolute atomic E-state index is 12.2. The average molecular weight is 323 g/mol. The zero-order valence-corrected chi connectivity index (χ0v) is 13.1. The van der Waals surface area contributed by atoms with Crippen molar-refractivity contribution >= 4 is 15.9 Å². The third-order valence-electron chi connectivity index (χ3n) is 3.10. The van der Waals surface area contributed by atoms with Gasteiger partial charge in [-0.1, -0.05) is 0 Å². The minimum Gasteiger partial charge on any atom is -0.496 e. The van der Waals surface area contributed by atoms with Gasteiger partial charge in [-0.2, -0.15) is 0 Å². The Morgan fingerprint density at radius 2 is 2.09 bits per heavy atom. The average Bonchev–Trinajstić information content (AvgIpc) is 2.98. The van der Waals surface area contributed by atoms with E-state index in [4.69, 9.17) is 9.15 Å². The number of ether oxygens (including phenoxy) is 1. The SMILES string of the molecule is COc1ccc(S(=O)(=O)NC(=O)CCc2ccco2)cc1C. The summed E-state index contributed by atoms with van der Waals surface area (Å²) in [4.78, 5) is 11.8. The smallest absolute Gasteiger partial charge is 0.264 e. The van der Waals surface area contributed by atoms with Crippen LogP contribution in [0.5, 0.6) is 5.75 Å². The summed E-state index contributed by atoms with van der Waals surface area (Å²) in [5.41, 5.74) is 0.674. The topological polar surface area (TPSA) is 85.6 Å². The van der Waals surface area contributed by atoms with Gasteiger partial charge in [-0.15, -0.1) is 0 Å². The highest BCUT2D eigenvalue weighted by molar-refractivity contribution is 7.90. The summed E-state index contributed by atoms with van der Waals surface area (Å²) in [6.45, 7) is 1.73. The van der Waals surface area contributed by atoms with Gasteiger partial charge in [0.2, 0.25) is 5.91 Å². The van der Waals surface area contributed by atoms with Crippen molar-refractivity contribution in [2.45, 2.75) is 24.7 Å². The summed E-state index contributed by atoms with van der Waals surface area (Å²) in [7, 11) is -2.38. The first-order valence-corrected chi connectivity index (χ1v) is 8.13. The van der Waals surface area contributed by atoms with Crippen molar-refractivity contribution in [3.8, 4) is 5.75 Å². The van der Waals surface area contributed by atoms with E-state index in [2.05, 4.69) is 4.72 Å². The van der Waals surface area contributed by atoms with Gasteiger partial charge < -0.3 is 9.15 Å². The lowest BCUT2D eigenvalue weighted by Gasteiger charge is -2.09. The van der Waals surface area contributed by atoms with E-state index in [-0.39, 0.29) is 11.3 Å². The summed E-state index contributed by atoms with van der Waals surface area (Å²) in [6, 6.07) is 7.85. The molecule has 2 rings (SSSR count). The predicted octanol–water partition coefficient (Wildman–Crippen LogP) is 2.03. The highest BCUT2D eigenvalue weighted by atomic mass is 32.2. The summed E-state index contributed by atoms with van der Waals surface area (Å²) in [5, 5.41) is 0. The number of furan rings is 1. The summed E-state index contributed by atoms with van der Waals surface area (Å²) < 4.78 is 36.5. The predicted molar refractivity (Wildman–Crippen MR) is 80.1 cm³/mol. The van der Waals surface area contributed by atoms with Crippen LogP contribution in [0.15, 0.2) is 45.9 Å². The van der Waals surface area contributed by atoms with Gasteiger partial charge in [-0.25, -0.2) is 13.1 Å². The third kappa shape index (κ3) is 3.88. The van der Waals surface area contributed by atoms with Crippen molar-refractivity contribution in [3.05, 3.63) is 47.9 Å². The quantitative estimate of drug-likeness (QED) is 0.879. The van der Waals surface area contributed by atoms with E-state index in [9.17, 15) is 13.2 Å². The molecule has 1 aromatic heterocycles. The molecule has 1 heterocycles. The zero-order valence-electron chi connectivity index (χ0n) is 12.3. The second-order valence-corrected chi connectivity index (χ2v) is 6.42. The normalized spacial score (nSPS) is 11.2. The fraction of sp³-hybridized carbons (Fsp3) is 0.267. The van der Waals surface area contributed by atoms with Gasteiger partial charge in [0.1, 0.15) is 11.5 Å². The van der Waals surface area contributed by atoms with Gasteiger partial charge in [0.05, 0.1) is 18.3 Å². The van der Waals surface area contributed by atoms with Crippen LogP contribution in [0.4, 0.5) is 0 Å². The minimum absolute atomic E-state index is 0.0251. The molecule has 0 aliphatic rings. The number of benzene rings is 1. The minimum atomic E-state index is -3.88. The Labute approximate surface area is 129 Å². The Kier molecular flexibility index (Phi) is 4.87. The van der Waals surface area contributed by atoms with Crippen LogP contribution in [-0.4, -0.2) is 21.4 Å². The Balaban J connectivity index is 2.03. The van der Waals surface area contributed by atoms with Crippen LogP contribution in [-0.2, 0) is 21.2 Å². The molecule has 0 fully saturated rings. The second-order valence-electron chi connectivity index (χ2n) is 4.74. The molecule has 118 valence electrons. The molecular formula is C15H17NO5S. The Morgan fingerprint density at radius 1 is 1.32 bits per heavy atom. The number of rotatable bonds is 6. The molecule has 1 N–H and O–H groups in total. The summed E-state index contributed by atoms with van der Waals surface area (Å²) >= 11 is 0. The van der Waals surface area contributed by atoms with E-state index in [1.807, 2.05) is 0 Å². The molecule has 6 nitrogen and oxygen atoms in total. The summed E-state index contributed by atoms with van der Waals surface area (Å²) in [5.74, 6) is 0.640. The van der Waals surface area contributed by atoms with Crippen molar-refractivity contribution in [1.82, 2.24) is 4.72 Å². The van der Waals surface area contributed by atoms with Crippen LogP contribution in [0.2, 0.25) is 0 Å². The Hall–Kier alpha value is -2.28. The maximum atomic E-state index is 12.2. The molecule has 0 unspecified atom stereocenters. The van der Waals surface area contributed by atoms with Gasteiger partial charge in [0, 0.05) is 12.8 Å². The molecular weight excluding hydrogens is 306 g/mol. The third-order valence-corrected chi connectivity index (χ3v) is 4.47. The number of carbonyl (C=O) groups excluding carboxylic acids is 1. The number of aryl methyl sites for hydroxylation is 2. The molecule has 2 aromatic rings. The van der Waals surface area contributed by atoms with Crippen molar-refractivity contribution < 1.29 is 22.4 Å². The Bertz CT molecular complexity index is 750. The highest BCUT2D eigenvalue weighted by Gasteiger charge is 2.18. The Morgan fingerprint density at radius 3 is 2.68 bits per heavy atom. The fourth-order valence-corrected chi connectivity index (χ4v) is 3.07. The van der Waals surface area contributed by atoms with E-state index in [0.717, 1.165) is 0 Å². The van der Waals surface area contributed by atoms with E-state index >= 15 is 0 Å². The molecule has 0 atom stereocenters. The number of nitrogens with one attached hydrogen (secondary N) is 1. The lowest BCUT2D eigenvalue weighted by molar-refractivity contribution is -0.119. The number of sulfonamides is 1. The van der Waals surface area contributed by atoms with E-state index in [0.29, 0.717) is 23.5 Å². The van der Waals surface area contributed by atoms with Gasteiger partial charge in [0.15, 0.2) is 0 Å². The van der Waals surface area contributed by atoms with Crippen LogP contribution in [0.1, 0.15) is 17.7 Å². The van der Waals surface area contributed by atoms with Crippen LogP contribution in [0.25, 0.3) is 0 Å². The van der Waals surface area contributed by atoms with E-state index in [1.165, 1.54) is 25.5 Å². The molecule has 1 aromatic carbocycles.